The van der Waals surface area contributed by atoms with Crippen molar-refractivity contribution < 1.29 is 14.3 Å². The molecule has 0 bridgehead atoms. The summed E-state index contributed by atoms with van der Waals surface area (Å²) in [7, 11) is 1.59. The van der Waals surface area contributed by atoms with E-state index in [2.05, 4.69) is 18.3 Å². The average Bonchev–Trinajstić information content (AvgIpc) is 3.20. The number of ether oxygens (including phenoxy) is 1. The van der Waals surface area contributed by atoms with E-state index in [4.69, 9.17) is 4.74 Å². The van der Waals surface area contributed by atoms with Crippen LogP contribution in [0.3, 0.4) is 0 Å². The Labute approximate surface area is 186 Å². The fourth-order valence-electron chi connectivity index (χ4n) is 3.65. The SMILES string of the molecule is CCc1ccccc1N1C(=O)CSC1c1ccc(NC(=O)c2ccc(OC)cc2)cc1. The Balaban J connectivity index is 1.51. The lowest BCUT2D eigenvalue weighted by Crippen LogP contribution is -2.28. The van der Waals surface area contributed by atoms with Crippen molar-refractivity contribution in [1.29, 1.82) is 0 Å². The first-order valence-corrected chi connectivity index (χ1v) is 11.2. The van der Waals surface area contributed by atoms with Crippen LogP contribution >= 0.6 is 11.8 Å². The van der Waals surface area contributed by atoms with Crippen LogP contribution in [0.4, 0.5) is 11.4 Å². The smallest absolute Gasteiger partial charge is 0.255 e. The lowest BCUT2D eigenvalue weighted by molar-refractivity contribution is -0.115. The second kappa shape index (κ2) is 9.27. The van der Waals surface area contributed by atoms with Gasteiger partial charge in [-0.25, -0.2) is 0 Å². The van der Waals surface area contributed by atoms with E-state index in [-0.39, 0.29) is 17.2 Å². The van der Waals surface area contributed by atoms with Crippen LogP contribution in [0.2, 0.25) is 0 Å². The van der Waals surface area contributed by atoms with Gasteiger partial charge in [0.2, 0.25) is 5.91 Å². The average molecular weight is 433 g/mol. The lowest BCUT2D eigenvalue weighted by atomic mass is 10.1. The molecule has 0 aromatic heterocycles. The second-order valence-corrected chi connectivity index (χ2v) is 8.28. The summed E-state index contributed by atoms with van der Waals surface area (Å²) in [4.78, 5) is 27.1. The maximum absolute atomic E-state index is 12.7. The third-order valence-electron chi connectivity index (χ3n) is 5.31. The van der Waals surface area contributed by atoms with Crippen LogP contribution in [-0.2, 0) is 11.2 Å². The van der Waals surface area contributed by atoms with Crippen molar-refractivity contribution in [1.82, 2.24) is 0 Å². The molecule has 1 aliphatic heterocycles. The van der Waals surface area contributed by atoms with Crippen LogP contribution in [-0.4, -0.2) is 24.7 Å². The first-order chi connectivity index (χ1) is 15.1. The summed E-state index contributed by atoms with van der Waals surface area (Å²) >= 11 is 1.62. The Morgan fingerprint density at radius 1 is 1.06 bits per heavy atom. The van der Waals surface area contributed by atoms with Gasteiger partial charge in [0.25, 0.3) is 5.91 Å². The number of hydrogen-bond acceptors (Lipinski definition) is 4. The van der Waals surface area contributed by atoms with Crippen LogP contribution in [0.5, 0.6) is 5.75 Å². The molecule has 6 heteroatoms. The molecule has 1 heterocycles. The summed E-state index contributed by atoms with van der Waals surface area (Å²) in [6.07, 6.45) is 0.869. The second-order valence-electron chi connectivity index (χ2n) is 7.21. The normalized spacial score (nSPS) is 15.7. The molecule has 0 radical (unpaired) electrons. The zero-order chi connectivity index (χ0) is 21.8. The summed E-state index contributed by atoms with van der Waals surface area (Å²) in [6.45, 7) is 2.10. The molecule has 1 fully saturated rings. The number of methoxy groups -OCH3 is 1. The van der Waals surface area contributed by atoms with E-state index in [1.54, 1.807) is 43.1 Å². The van der Waals surface area contributed by atoms with Gasteiger partial charge in [0, 0.05) is 16.9 Å². The number of para-hydroxylation sites is 1. The summed E-state index contributed by atoms with van der Waals surface area (Å²) in [5.41, 5.74) is 4.43. The van der Waals surface area contributed by atoms with Crippen molar-refractivity contribution in [3.63, 3.8) is 0 Å². The number of anilines is 2. The maximum Gasteiger partial charge on any atom is 0.255 e. The van der Waals surface area contributed by atoms with Crippen molar-refractivity contribution in [2.45, 2.75) is 18.7 Å². The first kappa shape index (κ1) is 21.0. The number of benzene rings is 3. The number of nitrogens with one attached hydrogen (secondary N) is 1. The van der Waals surface area contributed by atoms with Gasteiger partial charge in [-0.15, -0.1) is 11.8 Å². The summed E-state index contributed by atoms with van der Waals surface area (Å²) in [5, 5.41) is 2.84. The van der Waals surface area contributed by atoms with E-state index >= 15 is 0 Å². The van der Waals surface area contributed by atoms with E-state index in [9.17, 15) is 9.59 Å². The first-order valence-electron chi connectivity index (χ1n) is 10.2. The van der Waals surface area contributed by atoms with E-state index in [1.165, 1.54) is 0 Å². The van der Waals surface area contributed by atoms with Gasteiger partial charge in [0.1, 0.15) is 11.1 Å². The molecule has 3 aromatic rings. The monoisotopic (exact) mass is 432 g/mol. The number of thioether (sulfide) groups is 1. The highest BCUT2D eigenvalue weighted by molar-refractivity contribution is 8.00. The highest BCUT2D eigenvalue weighted by atomic mass is 32.2. The Morgan fingerprint density at radius 2 is 1.77 bits per heavy atom. The highest BCUT2D eigenvalue weighted by Gasteiger charge is 2.34. The minimum absolute atomic E-state index is 0.0773. The molecule has 1 N–H and O–H groups in total. The summed E-state index contributed by atoms with van der Waals surface area (Å²) in [6, 6.07) is 22.7. The Morgan fingerprint density at radius 3 is 2.45 bits per heavy atom. The molecule has 4 rings (SSSR count). The molecule has 3 aromatic carbocycles. The van der Waals surface area contributed by atoms with Crippen molar-refractivity contribution in [2.75, 3.05) is 23.1 Å². The number of amides is 2. The molecule has 0 spiro atoms. The molecule has 0 aliphatic carbocycles. The number of carbonyl (C=O) groups excluding carboxylic acids is 2. The number of hydrogen-bond donors (Lipinski definition) is 1. The fourth-order valence-corrected chi connectivity index (χ4v) is 4.82. The van der Waals surface area contributed by atoms with Gasteiger partial charge < -0.3 is 10.1 Å². The van der Waals surface area contributed by atoms with Crippen LogP contribution in [0.25, 0.3) is 0 Å². The number of nitrogens with zero attached hydrogens (tertiary/aromatic N) is 1. The molecular formula is C25H24N2O3S. The van der Waals surface area contributed by atoms with Gasteiger partial charge in [-0.3, -0.25) is 14.5 Å². The van der Waals surface area contributed by atoms with E-state index in [0.717, 1.165) is 23.2 Å². The highest BCUT2D eigenvalue weighted by Crippen LogP contribution is 2.43. The number of rotatable bonds is 6. The van der Waals surface area contributed by atoms with Gasteiger partial charge in [-0.1, -0.05) is 37.3 Å². The predicted octanol–water partition coefficient (Wildman–Crippen LogP) is 5.29. The zero-order valence-electron chi connectivity index (χ0n) is 17.5. The largest absolute Gasteiger partial charge is 0.497 e. The molecule has 0 saturated carbocycles. The van der Waals surface area contributed by atoms with Crippen LogP contribution in [0, 0.1) is 0 Å². The third-order valence-corrected chi connectivity index (χ3v) is 6.52. The molecule has 1 saturated heterocycles. The molecule has 5 nitrogen and oxygen atoms in total. The van der Waals surface area contributed by atoms with Gasteiger partial charge in [0.15, 0.2) is 0 Å². The van der Waals surface area contributed by atoms with Crippen molar-refractivity contribution in [2.24, 2.45) is 0 Å². The molecule has 1 atom stereocenters. The minimum atomic E-state index is -0.181. The minimum Gasteiger partial charge on any atom is -0.497 e. The Kier molecular flexibility index (Phi) is 6.28. The molecular weight excluding hydrogens is 408 g/mol. The molecule has 158 valence electrons. The van der Waals surface area contributed by atoms with E-state index in [1.807, 2.05) is 47.4 Å². The van der Waals surface area contributed by atoms with Crippen LogP contribution in [0.1, 0.15) is 33.8 Å². The van der Waals surface area contributed by atoms with Crippen molar-refractivity contribution in [3.8, 4) is 5.75 Å². The van der Waals surface area contributed by atoms with Crippen molar-refractivity contribution in [3.05, 3.63) is 89.5 Å². The zero-order valence-corrected chi connectivity index (χ0v) is 18.3. The van der Waals surface area contributed by atoms with Gasteiger partial charge in [0.05, 0.1) is 12.9 Å². The Hall–Kier alpha value is -3.25. The lowest BCUT2D eigenvalue weighted by Gasteiger charge is -2.26. The predicted molar refractivity (Wildman–Crippen MR) is 126 cm³/mol. The van der Waals surface area contributed by atoms with Crippen LogP contribution in [0.15, 0.2) is 72.8 Å². The quantitative estimate of drug-likeness (QED) is 0.575. The molecule has 31 heavy (non-hydrogen) atoms. The summed E-state index contributed by atoms with van der Waals surface area (Å²) in [5.74, 6) is 1.10. The standard InChI is InChI=1S/C25H24N2O3S/c1-3-17-6-4-5-7-22(17)27-23(28)16-31-25(27)19-8-12-20(13-9-19)26-24(29)18-10-14-21(30-2)15-11-18/h4-15,25H,3,16H2,1-2H3,(H,26,29). The Bertz CT molecular complexity index is 1080. The van der Waals surface area contributed by atoms with Gasteiger partial charge >= 0.3 is 0 Å². The molecule has 1 unspecified atom stereocenters. The van der Waals surface area contributed by atoms with Crippen molar-refractivity contribution >= 4 is 35.0 Å². The van der Waals surface area contributed by atoms with E-state index < -0.39 is 0 Å². The van der Waals surface area contributed by atoms with E-state index in [0.29, 0.717) is 22.8 Å². The molecule has 2 amide bonds. The number of aryl methyl sites for hydroxylation is 1. The van der Waals surface area contributed by atoms with Gasteiger partial charge in [-0.2, -0.15) is 0 Å². The molecule has 1 aliphatic rings. The fraction of sp³-hybridized carbons (Fsp3) is 0.200. The van der Waals surface area contributed by atoms with Gasteiger partial charge in [-0.05, 0) is 60.0 Å². The summed E-state index contributed by atoms with van der Waals surface area (Å²) < 4.78 is 5.13. The third kappa shape index (κ3) is 4.44. The van der Waals surface area contributed by atoms with Crippen LogP contribution < -0.4 is 15.0 Å². The topological polar surface area (TPSA) is 58.6 Å². The maximum atomic E-state index is 12.7. The number of carbonyl (C=O) groups is 2.